The molecule has 1 unspecified atom stereocenters. The number of hydrogen-bond acceptors (Lipinski definition) is 3. The summed E-state index contributed by atoms with van der Waals surface area (Å²) in [5.41, 5.74) is -0.338. The van der Waals surface area contributed by atoms with E-state index < -0.39 is 29.4 Å². The molecular weight excluding hydrogens is 383 g/mol. The first-order chi connectivity index (χ1) is 13.6. The monoisotopic (exact) mass is 403 g/mol. The molecule has 0 radical (unpaired) electrons. The van der Waals surface area contributed by atoms with E-state index in [1.165, 1.54) is 18.2 Å². The van der Waals surface area contributed by atoms with Crippen molar-refractivity contribution in [2.75, 3.05) is 5.32 Å². The minimum Gasteiger partial charge on any atom is -0.324 e. The summed E-state index contributed by atoms with van der Waals surface area (Å²) < 4.78 is 41.1. The molecule has 0 aliphatic rings. The lowest BCUT2D eigenvalue weighted by molar-refractivity contribution is -0.142. The van der Waals surface area contributed by atoms with Gasteiger partial charge in [0, 0.05) is 5.69 Å². The van der Waals surface area contributed by atoms with Crippen molar-refractivity contribution >= 4 is 22.6 Å². The zero-order chi connectivity index (χ0) is 21.3. The molecule has 29 heavy (non-hydrogen) atoms. The van der Waals surface area contributed by atoms with E-state index >= 15 is 0 Å². The van der Waals surface area contributed by atoms with Crippen molar-refractivity contribution in [1.29, 1.82) is 0 Å². The molecule has 1 aromatic heterocycles. The Morgan fingerprint density at radius 3 is 2.48 bits per heavy atom. The van der Waals surface area contributed by atoms with Crippen LogP contribution in [0.4, 0.5) is 18.9 Å². The van der Waals surface area contributed by atoms with Gasteiger partial charge in [-0.05, 0) is 49.6 Å². The molecule has 0 aliphatic carbocycles. The molecule has 2 aromatic carbocycles. The molecule has 1 heterocycles. The van der Waals surface area contributed by atoms with Gasteiger partial charge in [0.25, 0.3) is 5.56 Å². The molecular formula is C21H20F3N3O2. The third kappa shape index (κ3) is 3.87. The first-order valence-corrected chi connectivity index (χ1v) is 9.10. The fourth-order valence-corrected chi connectivity index (χ4v) is 3.24. The summed E-state index contributed by atoms with van der Waals surface area (Å²) in [7, 11) is 0. The SMILES string of the molecule is CCC(C(=O)Nc1cccc(C)c1C)n1c(=O)c(C(F)(F)F)nc2ccccc21. The number of anilines is 1. The van der Waals surface area contributed by atoms with Crippen LogP contribution in [0.2, 0.25) is 0 Å². The van der Waals surface area contributed by atoms with Crippen LogP contribution in [-0.2, 0) is 11.0 Å². The molecule has 0 spiro atoms. The highest BCUT2D eigenvalue weighted by atomic mass is 19.4. The number of carbonyl (C=O) groups excluding carboxylic acids is 1. The summed E-state index contributed by atoms with van der Waals surface area (Å²) in [6.07, 6.45) is -4.80. The van der Waals surface area contributed by atoms with Crippen molar-refractivity contribution < 1.29 is 18.0 Å². The van der Waals surface area contributed by atoms with E-state index in [0.29, 0.717) is 5.69 Å². The van der Waals surface area contributed by atoms with Gasteiger partial charge in [0.2, 0.25) is 11.6 Å². The summed E-state index contributed by atoms with van der Waals surface area (Å²) in [6.45, 7) is 5.36. The van der Waals surface area contributed by atoms with Crippen LogP contribution in [0.3, 0.4) is 0 Å². The number of amides is 1. The molecule has 1 atom stereocenters. The van der Waals surface area contributed by atoms with E-state index in [0.717, 1.165) is 15.7 Å². The number of hydrogen-bond donors (Lipinski definition) is 1. The zero-order valence-electron chi connectivity index (χ0n) is 16.2. The van der Waals surface area contributed by atoms with Crippen molar-refractivity contribution in [2.24, 2.45) is 0 Å². The zero-order valence-corrected chi connectivity index (χ0v) is 16.2. The van der Waals surface area contributed by atoms with Gasteiger partial charge in [-0.1, -0.05) is 31.2 Å². The van der Waals surface area contributed by atoms with E-state index in [4.69, 9.17) is 0 Å². The number of fused-ring (bicyclic) bond motifs is 1. The van der Waals surface area contributed by atoms with Crippen molar-refractivity contribution in [3.63, 3.8) is 0 Å². The first kappa shape index (κ1) is 20.6. The van der Waals surface area contributed by atoms with Crippen LogP contribution < -0.4 is 10.9 Å². The summed E-state index contributed by atoms with van der Waals surface area (Å²) in [5.74, 6) is -0.562. The van der Waals surface area contributed by atoms with Gasteiger partial charge in [-0.15, -0.1) is 0 Å². The number of aromatic nitrogens is 2. The average Bonchev–Trinajstić information content (AvgIpc) is 2.66. The molecule has 3 aromatic rings. The third-order valence-electron chi connectivity index (χ3n) is 4.93. The number of alkyl halides is 3. The van der Waals surface area contributed by atoms with Gasteiger partial charge in [0.1, 0.15) is 6.04 Å². The highest BCUT2D eigenvalue weighted by Crippen LogP contribution is 2.28. The van der Waals surface area contributed by atoms with Crippen LogP contribution in [0.5, 0.6) is 0 Å². The standard InChI is InChI=1S/C21H20F3N3O2/c1-4-16(19(28)26-14-10-7-8-12(2)13(14)3)27-17-11-6-5-9-15(17)25-18(20(27)29)21(22,23)24/h5-11,16H,4H2,1-3H3,(H,26,28). The Balaban J connectivity index is 2.16. The van der Waals surface area contributed by atoms with Gasteiger partial charge in [0.05, 0.1) is 11.0 Å². The summed E-state index contributed by atoms with van der Waals surface area (Å²) in [4.78, 5) is 29.2. The minimum atomic E-state index is -4.93. The lowest BCUT2D eigenvalue weighted by Gasteiger charge is -2.22. The van der Waals surface area contributed by atoms with E-state index in [-0.39, 0.29) is 17.5 Å². The predicted octanol–water partition coefficient (Wildman–Crippen LogP) is 4.62. The quantitative estimate of drug-likeness (QED) is 0.691. The van der Waals surface area contributed by atoms with Gasteiger partial charge in [-0.2, -0.15) is 13.2 Å². The number of halogens is 3. The molecule has 5 nitrogen and oxygen atoms in total. The van der Waals surface area contributed by atoms with Gasteiger partial charge < -0.3 is 5.32 Å². The summed E-state index contributed by atoms with van der Waals surface area (Å²) in [6, 6.07) is 10.2. The number of rotatable bonds is 4. The van der Waals surface area contributed by atoms with Crippen molar-refractivity contribution in [3.05, 3.63) is 69.6 Å². The van der Waals surface area contributed by atoms with E-state index in [1.54, 1.807) is 25.1 Å². The van der Waals surface area contributed by atoms with Gasteiger partial charge in [-0.25, -0.2) is 4.98 Å². The van der Waals surface area contributed by atoms with E-state index in [9.17, 15) is 22.8 Å². The second-order valence-electron chi connectivity index (χ2n) is 6.78. The van der Waals surface area contributed by atoms with Crippen LogP contribution in [0.15, 0.2) is 47.3 Å². The van der Waals surface area contributed by atoms with Crippen molar-refractivity contribution in [2.45, 2.75) is 39.4 Å². The molecule has 0 aliphatic heterocycles. The Hall–Kier alpha value is -3.16. The second-order valence-corrected chi connectivity index (χ2v) is 6.78. The van der Waals surface area contributed by atoms with Gasteiger partial charge >= 0.3 is 6.18 Å². The Bertz CT molecular complexity index is 1140. The molecule has 152 valence electrons. The molecule has 8 heteroatoms. The van der Waals surface area contributed by atoms with Crippen LogP contribution >= 0.6 is 0 Å². The van der Waals surface area contributed by atoms with Crippen LogP contribution in [0, 0.1) is 13.8 Å². The van der Waals surface area contributed by atoms with Crippen molar-refractivity contribution in [1.82, 2.24) is 9.55 Å². The van der Waals surface area contributed by atoms with E-state index in [2.05, 4.69) is 10.3 Å². The van der Waals surface area contributed by atoms with Gasteiger partial charge in [0.15, 0.2) is 0 Å². The van der Waals surface area contributed by atoms with E-state index in [1.807, 2.05) is 19.9 Å². The lowest BCUT2D eigenvalue weighted by atomic mass is 10.1. The minimum absolute atomic E-state index is 0.00240. The van der Waals surface area contributed by atoms with Crippen LogP contribution in [0.25, 0.3) is 11.0 Å². The number of carbonyl (C=O) groups is 1. The van der Waals surface area contributed by atoms with Gasteiger partial charge in [-0.3, -0.25) is 14.2 Å². The maximum atomic E-state index is 13.4. The number of nitrogens with one attached hydrogen (secondary N) is 1. The maximum Gasteiger partial charge on any atom is 0.438 e. The molecule has 3 rings (SSSR count). The average molecular weight is 403 g/mol. The van der Waals surface area contributed by atoms with Crippen LogP contribution in [0.1, 0.15) is 36.2 Å². The highest BCUT2D eigenvalue weighted by Gasteiger charge is 2.38. The third-order valence-corrected chi connectivity index (χ3v) is 4.93. The first-order valence-electron chi connectivity index (χ1n) is 9.10. The lowest BCUT2D eigenvalue weighted by Crippen LogP contribution is -2.37. The van der Waals surface area contributed by atoms with Crippen molar-refractivity contribution in [3.8, 4) is 0 Å². The predicted molar refractivity (Wildman–Crippen MR) is 105 cm³/mol. The molecule has 0 saturated carbocycles. The number of aryl methyl sites for hydroxylation is 1. The Morgan fingerprint density at radius 2 is 1.83 bits per heavy atom. The summed E-state index contributed by atoms with van der Waals surface area (Å²) >= 11 is 0. The Labute approximate surface area is 165 Å². The summed E-state index contributed by atoms with van der Waals surface area (Å²) in [5, 5.41) is 2.75. The Kier molecular flexibility index (Phi) is 5.46. The number of benzene rings is 2. The normalized spacial score (nSPS) is 12.8. The fourth-order valence-electron chi connectivity index (χ4n) is 3.24. The highest BCUT2D eigenvalue weighted by molar-refractivity contribution is 5.95. The second kappa shape index (κ2) is 7.69. The largest absolute Gasteiger partial charge is 0.438 e. The maximum absolute atomic E-state index is 13.4. The fraction of sp³-hybridized carbons (Fsp3) is 0.286. The molecule has 1 amide bonds. The number of para-hydroxylation sites is 2. The molecule has 0 fully saturated rings. The smallest absolute Gasteiger partial charge is 0.324 e. The topological polar surface area (TPSA) is 64.0 Å². The number of nitrogens with zero attached hydrogens (tertiary/aromatic N) is 2. The molecule has 0 saturated heterocycles. The Morgan fingerprint density at radius 1 is 1.14 bits per heavy atom. The molecule has 0 bridgehead atoms. The van der Waals surface area contributed by atoms with Crippen LogP contribution in [-0.4, -0.2) is 15.5 Å². The molecule has 1 N–H and O–H groups in total.